The van der Waals surface area contributed by atoms with Crippen molar-refractivity contribution in [3.63, 3.8) is 0 Å². The number of carbonyl (C=O) groups is 1. The fourth-order valence-electron chi connectivity index (χ4n) is 1.31. The van der Waals surface area contributed by atoms with Crippen LogP contribution in [0.4, 0.5) is 0 Å². The molecular weight excluding hydrogens is 254 g/mol. The third-order valence-electron chi connectivity index (χ3n) is 2.54. The third kappa shape index (κ3) is 8.91. The Balaban J connectivity index is 3.60. The Kier molecular flexibility index (Phi) is 8.12. The van der Waals surface area contributed by atoms with Crippen LogP contribution in [-0.2, 0) is 4.79 Å². The minimum absolute atomic E-state index is 0.198. The number of amides is 1. The Morgan fingerprint density at radius 3 is 2.53 bits per heavy atom. The highest BCUT2D eigenvalue weighted by molar-refractivity contribution is 9.09. The zero-order valence-corrected chi connectivity index (χ0v) is 11.8. The van der Waals surface area contributed by atoms with Gasteiger partial charge < -0.3 is 5.32 Å². The van der Waals surface area contributed by atoms with E-state index in [1.165, 1.54) is 6.42 Å². The molecule has 0 radical (unpaired) electrons. The Bertz CT molecular complexity index is 180. The van der Waals surface area contributed by atoms with Crippen molar-refractivity contribution in [3.05, 3.63) is 0 Å². The number of carbonyl (C=O) groups excluding carboxylic acids is 1. The van der Waals surface area contributed by atoms with Crippen LogP contribution in [0, 0.1) is 5.41 Å². The molecular formula is C12H24BrNO. The first-order valence-electron chi connectivity index (χ1n) is 5.84. The van der Waals surface area contributed by atoms with Gasteiger partial charge in [0, 0.05) is 18.3 Å². The molecule has 0 heterocycles. The van der Waals surface area contributed by atoms with E-state index in [2.05, 4.69) is 42.0 Å². The number of rotatable bonds is 8. The molecule has 0 aliphatic carbocycles. The highest BCUT2D eigenvalue weighted by atomic mass is 79.9. The van der Waals surface area contributed by atoms with Gasteiger partial charge in [-0.25, -0.2) is 0 Å². The number of halogens is 1. The number of hydrogen-bond donors (Lipinski definition) is 1. The predicted octanol–water partition coefficient (Wildman–Crippen LogP) is 3.49. The molecule has 0 aromatic heterocycles. The molecule has 0 spiro atoms. The summed E-state index contributed by atoms with van der Waals surface area (Å²) in [6.45, 7) is 7.29. The summed E-state index contributed by atoms with van der Waals surface area (Å²) in [5, 5.41) is 4.00. The zero-order valence-electron chi connectivity index (χ0n) is 10.2. The lowest BCUT2D eigenvalue weighted by molar-refractivity contribution is -0.121. The molecule has 0 aliphatic rings. The van der Waals surface area contributed by atoms with Gasteiger partial charge >= 0.3 is 0 Å². The van der Waals surface area contributed by atoms with Crippen molar-refractivity contribution in [3.8, 4) is 0 Å². The molecule has 0 aliphatic heterocycles. The van der Waals surface area contributed by atoms with Crippen LogP contribution in [-0.4, -0.2) is 17.8 Å². The summed E-state index contributed by atoms with van der Waals surface area (Å²) < 4.78 is 0. The summed E-state index contributed by atoms with van der Waals surface area (Å²) in [5.74, 6) is 0.200. The van der Waals surface area contributed by atoms with E-state index in [1.807, 2.05) is 0 Å². The van der Waals surface area contributed by atoms with E-state index in [4.69, 9.17) is 0 Å². The SMILES string of the molecule is CCCCCC(=O)NCC(C)(C)CCBr. The molecule has 15 heavy (non-hydrogen) atoms. The Morgan fingerprint density at radius 1 is 1.33 bits per heavy atom. The van der Waals surface area contributed by atoms with E-state index in [0.29, 0.717) is 6.42 Å². The van der Waals surface area contributed by atoms with Gasteiger partial charge in [0.15, 0.2) is 0 Å². The van der Waals surface area contributed by atoms with Crippen molar-refractivity contribution < 1.29 is 4.79 Å². The molecule has 0 saturated carbocycles. The Hall–Kier alpha value is -0.0500. The molecule has 0 fully saturated rings. The maximum absolute atomic E-state index is 11.4. The third-order valence-corrected chi connectivity index (χ3v) is 2.94. The number of unbranched alkanes of at least 4 members (excludes halogenated alkanes) is 2. The van der Waals surface area contributed by atoms with Crippen molar-refractivity contribution in [1.29, 1.82) is 0 Å². The normalized spacial score (nSPS) is 11.5. The van der Waals surface area contributed by atoms with Crippen LogP contribution >= 0.6 is 15.9 Å². The smallest absolute Gasteiger partial charge is 0.220 e. The summed E-state index contributed by atoms with van der Waals surface area (Å²) in [6.07, 6.45) is 5.10. The second kappa shape index (κ2) is 8.14. The van der Waals surface area contributed by atoms with Crippen LogP contribution in [0.25, 0.3) is 0 Å². The zero-order chi connectivity index (χ0) is 11.7. The van der Waals surface area contributed by atoms with Crippen LogP contribution in [0.5, 0.6) is 0 Å². The Morgan fingerprint density at radius 2 is 2.00 bits per heavy atom. The van der Waals surface area contributed by atoms with Crippen molar-refractivity contribution in [1.82, 2.24) is 5.32 Å². The lowest BCUT2D eigenvalue weighted by Crippen LogP contribution is -2.34. The van der Waals surface area contributed by atoms with Crippen molar-refractivity contribution in [2.45, 2.75) is 52.9 Å². The van der Waals surface area contributed by atoms with E-state index in [0.717, 1.165) is 31.1 Å². The van der Waals surface area contributed by atoms with Crippen LogP contribution in [0.1, 0.15) is 52.9 Å². The quantitative estimate of drug-likeness (QED) is 0.534. The first-order valence-corrected chi connectivity index (χ1v) is 6.96. The fraction of sp³-hybridized carbons (Fsp3) is 0.917. The molecule has 0 rings (SSSR count). The van der Waals surface area contributed by atoms with Crippen molar-refractivity contribution in [2.24, 2.45) is 5.41 Å². The number of alkyl halides is 1. The van der Waals surface area contributed by atoms with Gasteiger partial charge in [-0.2, -0.15) is 0 Å². The van der Waals surface area contributed by atoms with Gasteiger partial charge in [-0.3, -0.25) is 4.79 Å². The molecule has 1 N–H and O–H groups in total. The van der Waals surface area contributed by atoms with Crippen LogP contribution in [0.3, 0.4) is 0 Å². The Labute approximate surface area is 102 Å². The van der Waals surface area contributed by atoms with Gasteiger partial charge in [-0.1, -0.05) is 49.5 Å². The lowest BCUT2D eigenvalue weighted by atomic mass is 9.90. The average Bonchev–Trinajstić information content (AvgIpc) is 2.15. The second-order valence-corrected chi connectivity index (χ2v) is 5.63. The van der Waals surface area contributed by atoms with Crippen molar-refractivity contribution >= 4 is 21.8 Å². The highest BCUT2D eigenvalue weighted by Gasteiger charge is 2.17. The molecule has 90 valence electrons. The second-order valence-electron chi connectivity index (χ2n) is 4.84. The molecule has 0 aromatic rings. The molecule has 0 saturated heterocycles. The van der Waals surface area contributed by atoms with E-state index in [1.54, 1.807) is 0 Å². The maximum Gasteiger partial charge on any atom is 0.220 e. The molecule has 3 heteroatoms. The molecule has 0 aromatic carbocycles. The largest absolute Gasteiger partial charge is 0.356 e. The van der Waals surface area contributed by atoms with Crippen LogP contribution in [0.2, 0.25) is 0 Å². The van der Waals surface area contributed by atoms with Crippen molar-refractivity contribution in [2.75, 3.05) is 11.9 Å². The van der Waals surface area contributed by atoms with Gasteiger partial charge in [0.05, 0.1) is 0 Å². The van der Waals surface area contributed by atoms with Gasteiger partial charge in [0.1, 0.15) is 0 Å². The fourth-order valence-corrected chi connectivity index (χ4v) is 2.38. The summed E-state index contributed by atoms with van der Waals surface area (Å²) >= 11 is 3.43. The van der Waals surface area contributed by atoms with Gasteiger partial charge in [-0.05, 0) is 18.3 Å². The summed E-state index contributed by atoms with van der Waals surface area (Å²) in [4.78, 5) is 11.4. The number of hydrogen-bond acceptors (Lipinski definition) is 1. The standard InChI is InChI=1S/C12H24BrNO/c1-4-5-6-7-11(15)14-10-12(2,3)8-9-13/h4-10H2,1-3H3,(H,14,15). The first kappa shape index (κ1) is 14.9. The average molecular weight is 278 g/mol. The first-order chi connectivity index (χ1) is 7.02. The molecule has 0 unspecified atom stereocenters. The summed E-state index contributed by atoms with van der Waals surface area (Å²) in [6, 6.07) is 0. The predicted molar refractivity (Wildman–Crippen MR) is 69.3 cm³/mol. The van der Waals surface area contributed by atoms with Crippen LogP contribution < -0.4 is 5.32 Å². The number of nitrogens with one attached hydrogen (secondary N) is 1. The van der Waals surface area contributed by atoms with E-state index < -0.39 is 0 Å². The molecule has 0 bridgehead atoms. The van der Waals surface area contributed by atoms with E-state index in [-0.39, 0.29) is 11.3 Å². The monoisotopic (exact) mass is 277 g/mol. The minimum atomic E-state index is 0.198. The maximum atomic E-state index is 11.4. The van der Waals surface area contributed by atoms with E-state index >= 15 is 0 Å². The molecule has 0 atom stereocenters. The van der Waals surface area contributed by atoms with Gasteiger partial charge in [0.2, 0.25) is 5.91 Å². The van der Waals surface area contributed by atoms with Gasteiger partial charge in [0.25, 0.3) is 0 Å². The van der Waals surface area contributed by atoms with Gasteiger partial charge in [-0.15, -0.1) is 0 Å². The van der Waals surface area contributed by atoms with Crippen LogP contribution in [0.15, 0.2) is 0 Å². The highest BCUT2D eigenvalue weighted by Crippen LogP contribution is 2.19. The summed E-state index contributed by atoms with van der Waals surface area (Å²) in [5.41, 5.74) is 0.198. The lowest BCUT2D eigenvalue weighted by Gasteiger charge is -2.23. The molecule has 1 amide bonds. The summed E-state index contributed by atoms with van der Waals surface area (Å²) in [7, 11) is 0. The topological polar surface area (TPSA) is 29.1 Å². The minimum Gasteiger partial charge on any atom is -0.356 e. The van der Waals surface area contributed by atoms with E-state index in [9.17, 15) is 4.79 Å². The molecule has 2 nitrogen and oxygen atoms in total.